The Kier molecular flexibility index (Phi) is 6.91. The molecule has 1 fully saturated rings. The molecule has 0 saturated carbocycles. The third-order valence-electron chi connectivity index (χ3n) is 4.92. The number of likely N-dealkylation sites (tertiary alicyclic amines) is 1. The number of benzene rings is 1. The van der Waals surface area contributed by atoms with Gasteiger partial charge in [0.05, 0.1) is 24.6 Å². The number of piperidine rings is 1. The van der Waals surface area contributed by atoms with Crippen molar-refractivity contribution in [1.82, 2.24) is 9.88 Å². The number of pyridine rings is 1. The van der Waals surface area contributed by atoms with Crippen LogP contribution in [-0.2, 0) is 9.59 Å². The number of rotatable bonds is 7. The van der Waals surface area contributed by atoms with Crippen LogP contribution in [0, 0.1) is 16.0 Å². The third-order valence-corrected chi connectivity index (χ3v) is 4.92. The van der Waals surface area contributed by atoms with Gasteiger partial charge in [0.1, 0.15) is 17.3 Å². The maximum Gasteiger partial charge on any atom is 0.296 e. The second-order valence-corrected chi connectivity index (χ2v) is 6.94. The molecule has 0 spiro atoms. The van der Waals surface area contributed by atoms with Crippen LogP contribution in [0.5, 0.6) is 5.75 Å². The summed E-state index contributed by atoms with van der Waals surface area (Å²) in [5, 5.41) is 16.6. The topological polar surface area (TPSA) is 127 Å². The number of carbonyl (C=O) groups is 2. The van der Waals surface area contributed by atoms with E-state index < -0.39 is 4.92 Å². The van der Waals surface area contributed by atoms with Crippen LogP contribution in [0.15, 0.2) is 42.6 Å². The van der Waals surface area contributed by atoms with Gasteiger partial charge >= 0.3 is 0 Å². The highest BCUT2D eigenvalue weighted by atomic mass is 16.6. The molecule has 10 heteroatoms. The molecule has 10 nitrogen and oxygen atoms in total. The molecule has 2 amide bonds. The van der Waals surface area contributed by atoms with Crippen molar-refractivity contribution in [3.05, 3.63) is 52.7 Å². The zero-order valence-corrected chi connectivity index (χ0v) is 16.5. The molecule has 1 aromatic heterocycles. The molecular formula is C20H23N5O5. The quantitative estimate of drug-likeness (QED) is 0.527. The molecule has 1 aliphatic rings. The van der Waals surface area contributed by atoms with E-state index in [4.69, 9.17) is 4.74 Å². The van der Waals surface area contributed by atoms with Gasteiger partial charge in [-0.2, -0.15) is 0 Å². The van der Waals surface area contributed by atoms with E-state index in [1.165, 1.54) is 19.2 Å². The van der Waals surface area contributed by atoms with E-state index in [-0.39, 0.29) is 35.7 Å². The van der Waals surface area contributed by atoms with E-state index in [9.17, 15) is 19.7 Å². The summed E-state index contributed by atoms with van der Waals surface area (Å²) >= 11 is 0. The SMILES string of the molecule is COc1ccc(NC(=O)CN2CCC(C(=O)Nc3ccccn3)CC2)c([N+](=O)[O-])c1. The number of hydrogen-bond acceptors (Lipinski definition) is 7. The Hall–Kier alpha value is -3.53. The largest absolute Gasteiger partial charge is 0.496 e. The van der Waals surface area contributed by atoms with Crippen LogP contribution in [-0.4, -0.2) is 53.4 Å². The minimum atomic E-state index is -0.566. The van der Waals surface area contributed by atoms with E-state index in [0.717, 1.165) is 0 Å². The van der Waals surface area contributed by atoms with Crippen molar-refractivity contribution < 1.29 is 19.2 Å². The second kappa shape index (κ2) is 9.79. The standard InChI is InChI=1S/C20H23N5O5/c1-30-15-5-6-16(17(12-15)25(28)29)22-19(26)13-24-10-7-14(8-11-24)20(27)23-18-4-2-3-9-21-18/h2-6,9,12,14H,7-8,10-11,13H2,1H3,(H,22,26)(H,21,23,27). The number of anilines is 2. The molecule has 30 heavy (non-hydrogen) atoms. The lowest BCUT2D eigenvalue weighted by atomic mass is 9.96. The minimum Gasteiger partial charge on any atom is -0.496 e. The van der Waals surface area contributed by atoms with Crippen molar-refractivity contribution in [3.8, 4) is 5.75 Å². The summed E-state index contributed by atoms with van der Waals surface area (Å²) in [4.78, 5) is 41.4. The first-order valence-corrected chi connectivity index (χ1v) is 9.53. The monoisotopic (exact) mass is 413 g/mol. The molecule has 2 heterocycles. The number of aromatic nitrogens is 1. The molecule has 0 radical (unpaired) electrons. The zero-order valence-electron chi connectivity index (χ0n) is 16.5. The van der Waals surface area contributed by atoms with Crippen molar-refractivity contribution in [2.75, 3.05) is 37.4 Å². The fourth-order valence-electron chi connectivity index (χ4n) is 3.31. The fraction of sp³-hybridized carbons (Fsp3) is 0.350. The maximum atomic E-state index is 12.4. The number of nitro groups is 1. The summed E-state index contributed by atoms with van der Waals surface area (Å²) in [6.07, 6.45) is 2.85. The number of carbonyl (C=O) groups excluding carboxylic acids is 2. The van der Waals surface area contributed by atoms with Gasteiger partial charge in [-0.25, -0.2) is 4.98 Å². The summed E-state index contributed by atoms with van der Waals surface area (Å²) in [6.45, 7) is 1.26. The summed E-state index contributed by atoms with van der Waals surface area (Å²) in [5.41, 5.74) is -0.108. The van der Waals surface area contributed by atoms with Gasteiger partial charge in [-0.15, -0.1) is 0 Å². The van der Waals surface area contributed by atoms with Crippen LogP contribution >= 0.6 is 0 Å². The summed E-state index contributed by atoms with van der Waals surface area (Å²) in [5.74, 6) is 0.288. The Bertz CT molecular complexity index is 913. The Balaban J connectivity index is 1.50. The Morgan fingerprint density at radius 1 is 1.23 bits per heavy atom. The van der Waals surface area contributed by atoms with Crippen LogP contribution in [0.3, 0.4) is 0 Å². The molecule has 1 saturated heterocycles. The lowest BCUT2D eigenvalue weighted by Crippen LogP contribution is -2.41. The zero-order chi connectivity index (χ0) is 21.5. The Morgan fingerprint density at radius 3 is 2.63 bits per heavy atom. The Labute approximate surface area is 173 Å². The molecule has 158 valence electrons. The van der Waals surface area contributed by atoms with Crippen molar-refractivity contribution in [1.29, 1.82) is 0 Å². The van der Waals surface area contributed by atoms with Crippen LogP contribution in [0.2, 0.25) is 0 Å². The van der Waals surface area contributed by atoms with Gasteiger partial charge in [0.15, 0.2) is 0 Å². The number of nitrogens with one attached hydrogen (secondary N) is 2. The van der Waals surface area contributed by atoms with E-state index in [2.05, 4.69) is 15.6 Å². The van der Waals surface area contributed by atoms with Gasteiger partial charge in [0, 0.05) is 12.1 Å². The minimum absolute atomic E-state index is 0.0772. The van der Waals surface area contributed by atoms with Gasteiger partial charge in [0.2, 0.25) is 11.8 Å². The first kappa shape index (κ1) is 21.2. The van der Waals surface area contributed by atoms with E-state index in [0.29, 0.717) is 37.5 Å². The number of nitro benzene ring substituents is 1. The smallest absolute Gasteiger partial charge is 0.296 e. The van der Waals surface area contributed by atoms with Crippen LogP contribution in [0.4, 0.5) is 17.2 Å². The molecule has 0 atom stereocenters. The predicted octanol–water partition coefficient (Wildman–Crippen LogP) is 2.29. The third kappa shape index (κ3) is 5.51. The van der Waals surface area contributed by atoms with E-state index in [1.54, 1.807) is 30.5 Å². The second-order valence-electron chi connectivity index (χ2n) is 6.94. The predicted molar refractivity (Wildman–Crippen MR) is 110 cm³/mol. The first-order valence-electron chi connectivity index (χ1n) is 9.53. The van der Waals surface area contributed by atoms with Crippen LogP contribution in [0.1, 0.15) is 12.8 Å². The molecule has 0 unspecified atom stereocenters. The molecule has 0 bridgehead atoms. The molecular weight excluding hydrogens is 390 g/mol. The van der Waals surface area contributed by atoms with Gasteiger partial charge in [-0.05, 0) is 50.2 Å². The first-order chi connectivity index (χ1) is 14.5. The van der Waals surface area contributed by atoms with Crippen molar-refractivity contribution in [3.63, 3.8) is 0 Å². The number of ether oxygens (including phenoxy) is 1. The number of nitrogens with zero attached hydrogens (tertiary/aromatic N) is 3. The average Bonchev–Trinajstić information content (AvgIpc) is 2.75. The van der Waals surface area contributed by atoms with Gasteiger partial charge in [-0.3, -0.25) is 24.6 Å². The number of methoxy groups -OCH3 is 1. The molecule has 2 N–H and O–H groups in total. The lowest BCUT2D eigenvalue weighted by Gasteiger charge is -2.30. The summed E-state index contributed by atoms with van der Waals surface area (Å²) in [7, 11) is 1.41. The van der Waals surface area contributed by atoms with E-state index in [1.807, 2.05) is 4.90 Å². The average molecular weight is 413 g/mol. The molecule has 1 aromatic carbocycles. The van der Waals surface area contributed by atoms with E-state index >= 15 is 0 Å². The molecule has 1 aliphatic heterocycles. The molecule has 2 aromatic rings. The fourth-order valence-corrected chi connectivity index (χ4v) is 3.31. The number of amides is 2. The highest BCUT2D eigenvalue weighted by Gasteiger charge is 2.26. The summed E-state index contributed by atoms with van der Waals surface area (Å²) < 4.78 is 4.99. The normalized spacial score (nSPS) is 14.7. The highest BCUT2D eigenvalue weighted by Crippen LogP contribution is 2.29. The van der Waals surface area contributed by atoms with Crippen molar-refractivity contribution >= 4 is 29.0 Å². The Morgan fingerprint density at radius 2 is 2.00 bits per heavy atom. The molecule has 3 rings (SSSR count). The lowest BCUT2D eigenvalue weighted by molar-refractivity contribution is -0.384. The highest BCUT2D eigenvalue weighted by molar-refractivity contribution is 5.94. The van der Waals surface area contributed by atoms with Gasteiger partial charge in [0.25, 0.3) is 5.69 Å². The summed E-state index contributed by atoms with van der Waals surface area (Å²) in [6, 6.07) is 9.57. The molecule has 0 aliphatic carbocycles. The van der Waals surface area contributed by atoms with Crippen LogP contribution in [0.25, 0.3) is 0 Å². The maximum absolute atomic E-state index is 12.4. The van der Waals surface area contributed by atoms with Crippen molar-refractivity contribution in [2.45, 2.75) is 12.8 Å². The number of hydrogen-bond donors (Lipinski definition) is 2. The van der Waals surface area contributed by atoms with Crippen LogP contribution < -0.4 is 15.4 Å². The van der Waals surface area contributed by atoms with Gasteiger partial charge in [-0.1, -0.05) is 6.07 Å². The van der Waals surface area contributed by atoms with Crippen molar-refractivity contribution in [2.24, 2.45) is 5.92 Å². The van der Waals surface area contributed by atoms with Gasteiger partial charge < -0.3 is 15.4 Å².